The van der Waals surface area contributed by atoms with Crippen LogP contribution in [0.4, 0.5) is 10.5 Å². The van der Waals surface area contributed by atoms with Gasteiger partial charge in [-0.25, -0.2) is 17.9 Å². The minimum atomic E-state index is -3.24. The largest absolute Gasteiger partial charge is 0.491 e. The molecule has 2 heterocycles. The smallest absolute Gasteiger partial charge is 0.407 e. The second-order valence-corrected chi connectivity index (χ2v) is 10.9. The zero-order chi connectivity index (χ0) is 24.3. The van der Waals surface area contributed by atoms with E-state index in [0.29, 0.717) is 39.1 Å². The highest BCUT2D eigenvalue weighted by Gasteiger charge is 2.38. The summed E-state index contributed by atoms with van der Waals surface area (Å²) in [6, 6.07) is 15.7. The first-order valence-electron chi connectivity index (χ1n) is 11.9. The summed E-state index contributed by atoms with van der Waals surface area (Å²) in [7, 11) is -3.24. The minimum absolute atomic E-state index is 0.0534. The Bertz CT molecular complexity index is 1100. The molecular weight excluding hydrogens is 454 g/mol. The van der Waals surface area contributed by atoms with Gasteiger partial charge in [0.15, 0.2) is 0 Å². The number of likely N-dealkylation sites (N-methyl/N-ethyl adjacent to an activating group) is 1. The van der Waals surface area contributed by atoms with Crippen LogP contribution in [0.15, 0.2) is 48.5 Å². The number of sulfonamides is 1. The van der Waals surface area contributed by atoms with E-state index in [4.69, 9.17) is 4.74 Å². The average Bonchev–Trinajstić information content (AvgIpc) is 2.78. The van der Waals surface area contributed by atoms with Gasteiger partial charge < -0.3 is 19.6 Å². The lowest BCUT2D eigenvalue weighted by molar-refractivity contribution is 0.0850. The quantitative estimate of drug-likeness (QED) is 0.563. The van der Waals surface area contributed by atoms with Crippen molar-refractivity contribution >= 4 is 21.8 Å². The number of benzene rings is 2. The van der Waals surface area contributed by atoms with Gasteiger partial charge in [-0.2, -0.15) is 0 Å². The lowest BCUT2D eigenvalue weighted by Crippen LogP contribution is -2.59. The zero-order valence-electron chi connectivity index (χ0n) is 19.7. The Balaban J connectivity index is 1.58. The normalized spacial score (nSPS) is 20.2. The molecule has 1 amide bonds. The average molecular weight is 488 g/mol. The van der Waals surface area contributed by atoms with E-state index >= 15 is 0 Å². The van der Waals surface area contributed by atoms with Crippen LogP contribution in [0.3, 0.4) is 0 Å². The number of nitrogens with one attached hydrogen (secondary N) is 1. The molecule has 184 valence electrons. The van der Waals surface area contributed by atoms with Gasteiger partial charge in [0.2, 0.25) is 10.0 Å². The van der Waals surface area contributed by atoms with Gasteiger partial charge in [0.25, 0.3) is 0 Å². The molecule has 1 fully saturated rings. The number of rotatable bonds is 9. The van der Waals surface area contributed by atoms with Crippen molar-refractivity contribution in [3.05, 3.63) is 59.7 Å². The van der Waals surface area contributed by atoms with E-state index in [1.807, 2.05) is 44.2 Å². The number of ether oxygens (including phenoxy) is 1. The molecule has 8 nitrogen and oxygen atoms in total. The van der Waals surface area contributed by atoms with Gasteiger partial charge >= 0.3 is 6.09 Å². The number of amides is 1. The standard InChI is InChI=1S/C25H33N3O5S/c1-3-12-34(31,32)26-19-15-27(16-19)20-10-11-24-22(14-20)21(13-18-8-6-5-7-9-18)23(17-33-24)28(4-2)25(29)30/h5-11,14,19,21,23,26H,3-4,12-13,15-17H2,1-2H3,(H,29,30)/t21-,23+/m1/s1. The predicted molar refractivity (Wildman–Crippen MR) is 132 cm³/mol. The maximum Gasteiger partial charge on any atom is 0.407 e. The van der Waals surface area contributed by atoms with E-state index in [1.165, 1.54) is 4.90 Å². The summed E-state index contributed by atoms with van der Waals surface area (Å²) >= 11 is 0. The molecule has 0 saturated carbocycles. The number of hydrogen-bond donors (Lipinski definition) is 2. The molecule has 2 aliphatic rings. The molecule has 0 radical (unpaired) electrons. The summed E-state index contributed by atoms with van der Waals surface area (Å²) in [4.78, 5) is 15.6. The van der Waals surface area contributed by atoms with Crippen molar-refractivity contribution in [3.63, 3.8) is 0 Å². The molecule has 9 heteroatoms. The van der Waals surface area contributed by atoms with Crippen LogP contribution in [0, 0.1) is 0 Å². The van der Waals surface area contributed by atoms with Crippen molar-refractivity contribution < 1.29 is 23.1 Å². The molecule has 2 aliphatic heterocycles. The fourth-order valence-electron chi connectivity index (χ4n) is 4.93. The molecule has 1 saturated heterocycles. The number of fused-ring (bicyclic) bond motifs is 1. The van der Waals surface area contributed by atoms with Crippen molar-refractivity contribution in [3.8, 4) is 5.75 Å². The van der Waals surface area contributed by atoms with E-state index in [1.54, 1.807) is 0 Å². The van der Waals surface area contributed by atoms with Gasteiger partial charge in [-0.3, -0.25) is 0 Å². The van der Waals surface area contributed by atoms with Gasteiger partial charge in [0, 0.05) is 36.8 Å². The molecule has 2 aromatic carbocycles. The molecule has 0 unspecified atom stereocenters. The first kappa shape index (κ1) is 24.3. The molecule has 0 aromatic heterocycles. The van der Waals surface area contributed by atoms with E-state index in [-0.39, 0.29) is 23.8 Å². The minimum Gasteiger partial charge on any atom is -0.491 e. The third kappa shape index (κ3) is 5.31. The Hall–Kier alpha value is -2.78. The molecule has 2 atom stereocenters. The maximum absolute atomic E-state index is 12.1. The Morgan fingerprint density at radius 1 is 1.18 bits per heavy atom. The van der Waals surface area contributed by atoms with Crippen molar-refractivity contribution in [1.82, 2.24) is 9.62 Å². The summed E-state index contributed by atoms with van der Waals surface area (Å²) in [5, 5.41) is 9.81. The fourth-order valence-corrected chi connectivity index (χ4v) is 6.24. The molecule has 34 heavy (non-hydrogen) atoms. The second kappa shape index (κ2) is 10.2. The highest BCUT2D eigenvalue weighted by Crippen LogP contribution is 2.41. The molecule has 4 rings (SSSR count). The monoisotopic (exact) mass is 487 g/mol. The van der Waals surface area contributed by atoms with Crippen LogP contribution < -0.4 is 14.4 Å². The number of carboxylic acid groups (broad SMARTS) is 1. The first-order chi connectivity index (χ1) is 16.3. The fraction of sp³-hybridized carbons (Fsp3) is 0.480. The van der Waals surface area contributed by atoms with E-state index < -0.39 is 16.1 Å². The maximum atomic E-state index is 12.1. The Labute approximate surface area is 201 Å². The highest BCUT2D eigenvalue weighted by atomic mass is 32.2. The number of nitrogens with zero attached hydrogens (tertiary/aromatic N) is 2. The lowest BCUT2D eigenvalue weighted by atomic mass is 9.83. The van der Waals surface area contributed by atoms with E-state index in [9.17, 15) is 18.3 Å². The van der Waals surface area contributed by atoms with Crippen molar-refractivity contribution in [2.24, 2.45) is 0 Å². The van der Waals surface area contributed by atoms with Crippen molar-refractivity contribution in [2.45, 2.75) is 44.7 Å². The predicted octanol–water partition coefficient (Wildman–Crippen LogP) is 3.29. The van der Waals surface area contributed by atoms with Gasteiger partial charge in [-0.1, -0.05) is 37.3 Å². The number of hydrogen-bond acceptors (Lipinski definition) is 5. The molecular formula is C25H33N3O5S. The van der Waals surface area contributed by atoms with Crippen LogP contribution in [-0.4, -0.2) is 68.6 Å². The highest BCUT2D eigenvalue weighted by molar-refractivity contribution is 7.89. The van der Waals surface area contributed by atoms with E-state index in [0.717, 1.165) is 22.6 Å². The number of carbonyl (C=O) groups is 1. The topological polar surface area (TPSA) is 99.2 Å². The van der Waals surface area contributed by atoms with Crippen molar-refractivity contribution in [2.75, 3.05) is 36.9 Å². The molecule has 0 spiro atoms. The zero-order valence-corrected chi connectivity index (χ0v) is 20.5. The third-order valence-corrected chi connectivity index (χ3v) is 8.26. The van der Waals surface area contributed by atoms with Crippen LogP contribution in [-0.2, 0) is 16.4 Å². The first-order valence-corrected chi connectivity index (χ1v) is 13.5. The Kier molecular flexibility index (Phi) is 7.33. The summed E-state index contributed by atoms with van der Waals surface area (Å²) in [5.41, 5.74) is 3.13. The third-order valence-electron chi connectivity index (χ3n) is 6.62. The lowest BCUT2D eigenvalue weighted by Gasteiger charge is -2.43. The molecule has 2 N–H and O–H groups in total. The summed E-state index contributed by atoms with van der Waals surface area (Å²) in [6.45, 7) is 5.60. The second-order valence-electron chi connectivity index (χ2n) is 9.00. The Morgan fingerprint density at radius 3 is 2.56 bits per heavy atom. The van der Waals surface area contributed by atoms with Crippen LogP contribution >= 0.6 is 0 Å². The van der Waals surface area contributed by atoms with Crippen LogP contribution in [0.1, 0.15) is 37.3 Å². The van der Waals surface area contributed by atoms with Crippen molar-refractivity contribution in [1.29, 1.82) is 0 Å². The van der Waals surface area contributed by atoms with E-state index in [2.05, 4.69) is 27.8 Å². The summed E-state index contributed by atoms with van der Waals surface area (Å²) < 4.78 is 32.9. The molecule has 2 aromatic rings. The number of anilines is 1. The van der Waals surface area contributed by atoms with Crippen LogP contribution in [0.25, 0.3) is 0 Å². The van der Waals surface area contributed by atoms with Gasteiger partial charge in [0.1, 0.15) is 12.4 Å². The van der Waals surface area contributed by atoms with Crippen LogP contribution in [0.2, 0.25) is 0 Å². The van der Waals surface area contributed by atoms with Gasteiger partial charge in [-0.05, 0) is 43.5 Å². The molecule has 0 bridgehead atoms. The summed E-state index contributed by atoms with van der Waals surface area (Å²) in [5.74, 6) is 0.866. The Morgan fingerprint density at radius 2 is 1.91 bits per heavy atom. The summed E-state index contributed by atoms with van der Waals surface area (Å²) in [6.07, 6.45) is 0.346. The molecule has 0 aliphatic carbocycles. The van der Waals surface area contributed by atoms with Gasteiger partial charge in [0.05, 0.1) is 17.8 Å². The van der Waals surface area contributed by atoms with Crippen LogP contribution in [0.5, 0.6) is 5.75 Å². The SMILES string of the molecule is CCCS(=O)(=O)NC1CN(c2ccc3c(c2)[C@@H](Cc2ccccc2)[C@@H](N(CC)C(=O)O)CO3)C1. The van der Waals surface area contributed by atoms with Gasteiger partial charge in [-0.15, -0.1) is 0 Å².